The van der Waals surface area contributed by atoms with Crippen LogP contribution in [0.15, 0.2) is 43.0 Å². The lowest BCUT2D eigenvalue weighted by Crippen LogP contribution is -2.37. The van der Waals surface area contributed by atoms with Crippen molar-refractivity contribution in [2.24, 2.45) is 5.92 Å². The second kappa shape index (κ2) is 7.55. The molecule has 0 bridgehead atoms. The number of benzene rings is 1. The molecule has 2 unspecified atom stereocenters. The average molecular weight is 366 g/mol. The lowest BCUT2D eigenvalue weighted by molar-refractivity contribution is -0.130. The first-order valence-corrected chi connectivity index (χ1v) is 9.80. The van der Waals surface area contributed by atoms with Crippen LogP contribution in [0.4, 0.5) is 0 Å². The van der Waals surface area contributed by atoms with Crippen molar-refractivity contribution in [3.05, 3.63) is 48.5 Å². The predicted octanol–water partition coefficient (Wildman–Crippen LogP) is 2.84. The molecule has 1 aliphatic heterocycles. The van der Waals surface area contributed by atoms with Gasteiger partial charge in [0.2, 0.25) is 11.8 Å². The highest BCUT2D eigenvalue weighted by Crippen LogP contribution is 2.30. The molecule has 6 nitrogen and oxygen atoms in total. The van der Waals surface area contributed by atoms with Crippen LogP contribution in [0.1, 0.15) is 50.6 Å². The molecule has 1 saturated carbocycles. The van der Waals surface area contributed by atoms with Gasteiger partial charge in [-0.15, -0.1) is 0 Å². The van der Waals surface area contributed by atoms with Crippen LogP contribution in [0.3, 0.4) is 0 Å². The van der Waals surface area contributed by atoms with E-state index in [1.807, 2.05) is 46.9 Å². The fourth-order valence-corrected chi connectivity index (χ4v) is 4.24. The molecular weight excluding hydrogens is 340 g/mol. The molecular formula is C21H26N4O2. The molecule has 1 aliphatic carbocycles. The van der Waals surface area contributed by atoms with E-state index in [-0.39, 0.29) is 23.8 Å². The van der Waals surface area contributed by atoms with Crippen molar-refractivity contribution >= 4 is 11.8 Å². The van der Waals surface area contributed by atoms with Crippen LogP contribution in [-0.4, -0.2) is 38.9 Å². The number of nitrogens with zero attached hydrogens (tertiary/aromatic N) is 3. The summed E-state index contributed by atoms with van der Waals surface area (Å²) in [4.78, 5) is 31.0. The van der Waals surface area contributed by atoms with E-state index in [2.05, 4.69) is 10.3 Å². The van der Waals surface area contributed by atoms with Gasteiger partial charge in [0.25, 0.3) is 0 Å². The van der Waals surface area contributed by atoms with Crippen molar-refractivity contribution in [1.82, 2.24) is 19.8 Å². The number of amides is 2. The van der Waals surface area contributed by atoms with E-state index >= 15 is 0 Å². The van der Waals surface area contributed by atoms with Crippen LogP contribution in [0.2, 0.25) is 0 Å². The third-order valence-corrected chi connectivity index (χ3v) is 5.85. The number of carbonyl (C=O) groups is 2. The van der Waals surface area contributed by atoms with Gasteiger partial charge in [-0.05, 0) is 37.5 Å². The maximum atomic E-state index is 12.7. The second-order valence-electron chi connectivity index (χ2n) is 7.68. The minimum absolute atomic E-state index is 0.0185. The van der Waals surface area contributed by atoms with Gasteiger partial charge in [-0.25, -0.2) is 4.98 Å². The van der Waals surface area contributed by atoms with Crippen LogP contribution in [0, 0.1) is 5.92 Å². The summed E-state index contributed by atoms with van der Waals surface area (Å²) in [5, 5.41) is 3.09. The van der Waals surface area contributed by atoms with E-state index in [9.17, 15) is 9.59 Å². The lowest BCUT2D eigenvalue weighted by Gasteiger charge is -2.24. The van der Waals surface area contributed by atoms with Gasteiger partial charge in [-0.3, -0.25) is 9.59 Å². The first kappa shape index (κ1) is 17.8. The highest BCUT2D eigenvalue weighted by Gasteiger charge is 2.38. The molecule has 2 atom stereocenters. The summed E-state index contributed by atoms with van der Waals surface area (Å²) in [5.41, 5.74) is 2.08. The summed E-state index contributed by atoms with van der Waals surface area (Å²) in [5.74, 6) is -0.111. The molecule has 2 fully saturated rings. The van der Waals surface area contributed by atoms with Gasteiger partial charge in [-0.1, -0.05) is 25.0 Å². The zero-order valence-electron chi connectivity index (χ0n) is 15.7. The number of carbonyl (C=O) groups excluding carboxylic acids is 2. The van der Waals surface area contributed by atoms with E-state index in [0.29, 0.717) is 19.0 Å². The molecule has 6 heteroatoms. The van der Waals surface area contributed by atoms with Gasteiger partial charge >= 0.3 is 0 Å². The summed E-state index contributed by atoms with van der Waals surface area (Å²) in [6.45, 7) is 2.55. The SMILES string of the molecule is CC(NC(=O)C1CC(=O)N(C2CCCC2)C1)c1ccc(-n2ccnc2)cc1. The van der Waals surface area contributed by atoms with Crippen LogP contribution in [0.25, 0.3) is 5.69 Å². The molecule has 1 aromatic heterocycles. The fraction of sp³-hybridized carbons (Fsp3) is 0.476. The van der Waals surface area contributed by atoms with Crippen LogP contribution < -0.4 is 5.32 Å². The minimum atomic E-state index is -0.231. The Balaban J connectivity index is 1.35. The zero-order chi connectivity index (χ0) is 18.8. The number of hydrogen-bond acceptors (Lipinski definition) is 3. The van der Waals surface area contributed by atoms with Gasteiger partial charge in [-0.2, -0.15) is 0 Å². The summed E-state index contributed by atoms with van der Waals surface area (Å²) in [6, 6.07) is 8.32. The lowest BCUT2D eigenvalue weighted by atomic mass is 10.0. The summed E-state index contributed by atoms with van der Waals surface area (Å²) in [6.07, 6.45) is 10.3. The number of imidazole rings is 1. The Morgan fingerprint density at radius 1 is 1.22 bits per heavy atom. The normalized spacial score (nSPS) is 21.6. The molecule has 1 aromatic carbocycles. The fourth-order valence-electron chi connectivity index (χ4n) is 4.24. The van der Waals surface area contributed by atoms with Crippen LogP contribution in [0.5, 0.6) is 0 Å². The molecule has 4 rings (SSSR count). The Hall–Kier alpha value is -2.63. The average Bonchev–Trinajstić information content (AvgIpc) is 3.43. The van der Waals surface area contributed by atoms with Crippen molar-refractivity contribution < 1.29 is 9.59 Å². The molecule has 2 aliphatic rings. The number of nitrogens with one attached hydrogen (secondary N) is 1. The quantitative estimate of drug-likeness (QED) is 0.885. The molecule has 2 aromatic rings. The first-order chi connectivity index (χ1) is 13.1. The molecule has 27 heavy (non-hydrogen) atoms. The predicted molar refractivity (Wildman–Crippen MR) is 102 cm³/mol. The first-order valence-electron chi connectivity index (χ1n) is 9.80. The summed E-state index contributed by atoms with van der Waals surface area (Å²) in [7, 11) is 0. The number of hydrogen-bond donors (Lipinski definition) is 1. The van der Waals surface area contributed by atoms with E-state index < -0.39 is 0 Å². The standard InChI is InChI=1S/C21H26N4O2/c1-15(16-6-8-18(9-7-16)24-11-10-22-14-24)23-21(27)17-12-20(26)25(13-17)19-4-2-3-5-19/h6-11,14-15,17,19H,2-5,12-13H2,1H3,(H,23,27). The molecule has 0 radical (unpaired) electrons. The molecule has 0 spiro atoms. The minimum Gasteiger partial charge on any atom is -0.349 e. The maximum absolute atomic E-state index is 12.7. The molecule has 142 valence electrons. The van der Waals surface area contributed by atoms with Crippen LogP contribution in [-0.2, 0) is 9.59 Å². The van der Waals surface area contributed by atoms with Gasteiger partial charge in [0.05, 0.1) is 18.3 Å². The van der Waals surface area contributed by atoms with E-state index in [0.717, 1.165) is 24.1 Å². The Kier molecular flexibility index (Phi) is 4.97. The number of aromatic nitrogens is 2. The monoisotopic (exact) mass is 366 g/mol. The van der Waals surface area contributed by atoms with Gasteiger partial charge in [0, 0.05) is 37.1 Å². The number of rotatable bonds is 5. The Morgan fingerprint density at radius 3 is 2.63 bits per heavy atom. The summed E-state index contributed by atoms with van der Waals surface area (Å²) >= 11 is 0. The number of likely N-dealkylation sites (tertiary alicyclic amines) is 1. The van der Waals surface area contributed by atoms with E-state index in [1.165, 1.54) is 12.8 Å². The molecule has 1 saturated heterocycles. The summed E-state index contributed by atoms with van der Waals surface area (Å²) < 4.78 is 1.94. The van der Waals surface area contributed by atoms with Crippen molar-refractivity contribution in [3.8, 4) is 5.69 Å². The van der Waals surface area contributed by atoms with Crippen molar-refractivity contribution in [3.63, 3.8) is 0 Å². The third kappa shape index (κ3) is 3.75. The zero-order valence-corrected chi connectivity index (χ0v) is 15.7. The van der Waals surface area contributed by atoms with E-state index in [1.54, 1.807) is 12.5 Å². The van der Waals surface area contributed by atoms with Gasteiger partial charge in [0.15, 0.2) is 0 Å². The van der Waals surface area contributed by atoms with Crippen LogP contribution >= 0.6 is 0 Å². The van der Waals surface area contributed by atoms with Crippen molar-refractivity contribution in [2.45, 2.75) is 51.1 Å². The van der Waals surface area contributed by atoms with Crippen molar-refractivity contribution in [2.75, 3.05) is 6.54 Å². The smallest absolute Gasteiger partial charge is 0.225 e. The van der Waals surface area contributed by atoms with Crippen molar-refractivity contribution in [1.29, 1.82) is 0 Å². The Labute approximate surface area is 159 Å². The topological polar surface area (TPSA) is 67.2 Å². The Bertz CT molecular complexity index is 794. The second-order valence-corrected chi connectivity index (χ2v) is 7.68. The molecule has 1 N–H and O–H groups in total. The highest BCUT2D eigenvalue weighted by atomic mass is 16.2. The largest absolute Gasteiger partial charge is 0.349 e. The maximum Gasteiger partial charge on any atom is 0.225 e. The highest BCUT2D eigenvalue weighted by molar-refractivity contribution is 5.89. The van der Waals surface area contributed by atoms with E-state index in [4.69, 9.17) is 0 Å². The van der Waals surface area contributed by atoms with Gasteiger partial charge < -0.3 is 14.8 Å². The third-order valence-electron chi connectivity index (χ3n) is 5.85. The Morgan fingerprint density at radius 2 is 1.96 bits per heavy atom. The molecule has 2 heterocycles. The van der Waals surface area contributed by atoms with Gasteiger partial charge in [0.1, 0.15) is 0 Å². The molecule has 2 amide bonds.